The van der Waals surface area contributed by atoms with Crippen molar-refractivity contribution in [1.82, 2.24) is 0 Å². The molecule has 3 nitrogen and oxygen atoms in total. The molecule has 0 aliphatic carbocycles. The van der Waals surface area contributed by atoms with Crippen molar-refractivity contribution < 1.29 is 14.2 Å². The maximum atomic E-state index is 5.71. The summed E-state index contributed by atoms with van der Waals surface area (Å²) >= 11 is 0. The molecule has 3 heteroatoms. The molecular formula is C17H28O3. The minimum Gasteiger partial charge on any atom is -0.494 e. The Morgan fingerprint density at radius 1 is 0.750 bits per heavy atom. The van der Waals surface area contributed by atoms with Crippen LogP contribution < -0.4 is 9.47 Å². The van der Waals surface area contributed by atoms with Crippen molar-refractivity contribution in [1.29, 1.82) is 0 Å². The summed E-state index contributed by atoms with van der Waals surface area (Å²) in [6.45, 7) is 3.32. The normalized spacial score (nSPS) is 10.5. The molecule has 114 valence electrons. The van der Waals surface area contributed by atoms with E-state index in [2.05, 4.69) is 6.92 Å². The van der Waals surface area contributed by atoms with E-state index >= 15 is 0 Å². The average molecular weight is 280 g/mol. The van der Waals surface area contributed by atoms with E-state index in [9.17, 15) is 0 Å². The van der Waals surface area contributed by atoms with Gasteiger partial charge in [0.05, 0.1) is 6.61 Å². The molecular weight excluding hydrogens is 252 g/mol. The standard InChI is InChI=1S/C17H28O3/c1-3-4-5-6-7-8-9-14-19-16-10-12-17(13-11-16)20-15-18-2/h10-13H,3-9,14-15H2,1-2H3. The Kier molecular flexibility index (Phi) is 9.76. The second-order valence-corrected chi connectivity index (χ2v) is 4.99. The summed E-state index contributed by atoms with van der Waals surface area (Å²) in [6, 6.07) is 7.68. The van der Waals surface area contributed by atoms with Crippen LogP contribution in [0.25, 0.3) is 0 Å². The van der Waals surface area contributed by atoms with Crippen molar-refractivity contribution in [2.24, 2.45) is 0 Å². The highest BCUT2D eigenvalue weighted by molar-refractivity contribution is 5.31. The van der Waals surface area contributed by atoms with Crippen LogP contribution in [0, 0.1) is 0 Å². The van der Waals surface area contributed by atoms with Gasteiger partial charge in [-0.15, -0.1) is 0 Å². The van der Waals surface area contributed by atoms with Crippen molar-refractivity contribution in [3.8, 4) is 11.5 Å². The molecule has 0 saturated heterocycles. The second kappa shape index (κ2) is 11.6. The number of hydrogen-bond donors (Lipinski definition) is 0. The lowest BCUT2D eigenvalue weighted by Crippen LogP contribution is -1.99. The van der Waals surface area contributed by atoms with Crippen molar-refractivity contribution in [3.63, 3.8) is 0 Å². The number of methoxy groups -OCH3 is 1. The Labute approximate surface area is 123 Å². The van der Waals surface area contributed by atoms with E-state index in [0.29, 0.717) is 0 Å². The summed E-state index contributed by atoms with van der Waals surface area (Å²) in [5, 5.41) is 0. The molecule has 0 N–H and O–H groups in total. The first kappa shape index (κ1) is 16.8. The van der Waals surface area contributed by atoms with E-state index in [4.69, 9.17) is 14.2 Å². The van der Waals surface area contributed by atoms with E-state index in [1.165, 1.54) is 38.5 Å². The molecule has 20 heavy (non-hydrogen) atoms. The Hall–Kier alpha value is -1.22. The first-order chi connectivity index (χ1) is 9.86. The lowest BCUT2D eigenvalue weighted by molar-refractivity contribution is 0.0511. The molecule has 0 atom stereocenters. The van der Waals surface area contributed by atoms with Gasteiger partial charge in [-0.2, -0.15) is 0 Å². The summed E-state index contributed by atoms with van der Waals surface area (Å²) < 4.78 is 15.9. The Balaban J connectivity index is 2.04. The molecule has 0 aliphatic rings. The van der Waals surface area contributed by atoms with Gasteiger partial charge >= 0.3 is 0 Å². The lowest BCUT2D eigenvalue weighted by atomic mass is 10.1. The highest BCUT2D eigenvalue weighted by atomic mass is 16.7. The molecule has 0 heterocycles. The fourth-order valence-corrected chi connectivity index (χ4v) is 2.01. The van der Waals surface area contributed by atoms with E-state index in [1.54, 1.807) is 7.11 Å². The first-order valence-corrected chi connectivity index (χ1v) is 7.71. The highest BCUT2D eigenvalue weighted by Crippen LogP contribution is 2.18. The summed E-state index contributed by atoms with van der Waals surface area (Å²) in [5.41, 5.74) is 0. The van der Waals surface area contributed by atoms with Crippen molar-refractivity contribution in [2.75, 3.05) is 20.5 Å². The summed E-state index contributed by atoms with van der Waals surface area (Å²) in [4.78, 5) is 0. The van der Waals surface area contributed by atoms with E-state index < -0.39 is 0 Å². The van der Waals surface area contributed by atoms with Gasteiger partial charge in [0.25, 0.3) is 0 Å². The Bertz CT molecular complexity index is 322. The molecule has 0 radical (unpaired) electrons. The largest absolute Gasteiger partial charge is 0.494 e. The van der Waals surface area contributed by atoms with Gasteiger partial charge in [-0.1, -0.05) is 45.4 Å². The van der Waals surface area contributed by atoms with Gasteiger partial charge in [-0.05, 0) is 30.7 Å². The molecule has 0 fully saturated rings. The molecule has 0 saturated carbocycles. The Morgan fingerprint density at radius 3 is 1.90 bits per heavy atom. The van der Waals surface area contributed by atoms with E-state index in [1.807, 2.05) is 24.3 Å². The smallest absolute Gasteiger partial charge is 0.188 e. The molecule has 0 unspecified atom stereocenters. The molecule has 0 amide bonds. The van der Waals surface area contributed by atoms with Crippen LogP contribution in [0.1, 0.15) is 51.9 Å². The zero-order valence-corrected chi connectivity index (χ0v) is 12.9. The van der Waals surface area contributed by atoms with Gasteiger partial charge in [-0.25, -0.2) is 0 Å². The number of rotatable bonds is 12. The van der Waals surface area contributed by atoms with Crippen LogP contribution >= 0.6 is 0 Å². The minimum atomic E-state index is 0.276. The number of benzene rings is 1. The van der Waals surface area contributed by atoms with Gasteiger partial charge in [0.15, 0.2) is 6.79 Å². The molecule has 1 rings (SSSR count). The van der Waals surface area contributed by atoms with Crippen LogP contribution in [0.2, 0.25) is 0 Å². The average Bonchev–Trinajstić information content (AvgIpc) is 2.49. The van der Waals surface area contributed by atoms with Gasteiger partial charge in [0, 0.05) is 7.11 Å². The van der Waals surface area contributed by atoms with Crippen LogP contribution in [0.5, 0.6) is 11.5 Å². The monoisotopic (exact) mass is 280 g/mol. The predicted octanol–water partition coefficient (Wildman–Crippen LogP) is 4.80. The van der Waals surface area contributed by atoms with Gasteiger partial charge in [0.2, 0.25) is 0 Å². The summed E-state index contributed by atoms with van der Waals surface area (Å²) in [7, 11) is 1.61. The molecule has 0 spiro atoms. The third-order valence-electron chi connectivity index (χ3n) is 3.18. The molecule has 0 aliphatic heterocycles. The summed E-state index contributed by atoms with van der Waals surface area (Å²) in [6.07, 6.45) is 9.14. The van der Waals surface area contributed by atoms with Crippen molar-refractivity contribution >= 4 is 0 Å². The molecule has 1 aromatic carbocycles. The molecule has 0 bridgehead atoms. The fraction of sp³-hybridized carbons (Fsp3) is 0.647. The number of hydrogen-bond acceptors (Lipinski definition) is 3. The van der Waals surface area contributed by atoms with Gasteiger partial charge < -0.3 is 14.2 Å². The lowest BCUT2D eigenvalue weighted by Gasteiger charge is -2.08. The van der Waals surface area contributed by atoms with Crippen LogP contribution in [0.4, 0.5) is 0 Å². The predicted molar refractivity (Wildman–Crippen MR) is 82.4 cm³/mol. The van der Waals surface area contributed by atoms with E-state index in [-0.39, 0.29) is 6.79 Å². The molecule has 0 aromatic heterocycles. The van der Waals surface area contributed by atoms with Gasteiger partial charge in [-0.3, -0.25) is 0 Å². The summed E-state index contributed by atoms with van der Waals surface area (Å²) in [5.74, 6) is 1.70. The van der Waals surface area contributed by atoms with Crippen LogP contribution in [-0.2, 0) is 4.74 Å². The third-order valence-corrected chi connectivity index (χ3v) is 3.18. The first-order valence-electron chi connectivity index (χ1n) is 7.71. The highest BCUT2D eigenvalue weighted by Gasteiger charge is 1.97. The zero-order chi connectivity index (χ0) is 14.5. The van der Waals surface area contributed by atoms with Crippen LogP contribution in [0.15, 0.2) is 24.3 Å². The SMILES string of the molecule is CCCCCCCCCOc1ccc(OCOC)cc1. The second-order valence-electron chi connectivity index (χ2n) is 4.99. The van der Waals surface area contributed by atoms with Crippen LogP contribution in [-0.4, -0.2) is 20.5 Å². The minimum absolute atomic E-state index is 0.276. The topological polar surface area (TPSA) is 27.7 Å². The maximum absolute atomic E-state index is 5.71. The molecule has 1 aromatic rings. The van der Waals surface area contributed by atoms with Crippen molar-refractivity contribution in [2.45, 2.75) is 51.9 Å². The maximum Gasteiger partial charge on any atom is 0.188 e. The number of ether oxygens (including phenoxy) is 3. The quantitative estimate of drug-likeness (QED) is 0.406. The van der Waals surface area contributed by atoms with Gasteiger partial charge in [0.1, 0.15) is 11.5 Å². The van der Waals surface area contributed by atoms with Crippen molar-refractivity contribution in [3.05, 3.63) is 24.3 Å². The van der Waals surface area contributed by atoms with E-state index in [0.717, 1.165) is 24.5 Å². The number of unbranched alkanes of at least 4 members (excludes halogenated alkanes) is 6. The Morgan fingerprint density at radius 2 is 1.30 bits per heavy atom. The fourth-order valence-electron chi connectivity index (χ4n) is 2.01. The van der Waals surface area contributed by atoms with Crippen LogP contribution in [0.3, 0.4) is 0 Å². The third kappa shape index (κ3) is 8.05. The zero-order valence-electron chi connectivity index (χ0n) is 12.9.